The zero-order valence-electron chi connectivity index (χ0n) is 15.8. The Balaban J connectivity index is 2.02. The molecule has 0 bridgehead atoms. The standard InChI is InChI=1S/C19H22N2O6S/c1-4-20-28(24,25)15-11-9-14(10-12-15)19(23)27-13(2)18(22)21-16-7-5-6-8-17(16)26-3/h5-13,20H,4H2,1-3H3,(H,21,22)/t13-/m1/s1. The maximum Gasteiger partial charge on any atom is 0.338 e. The molecule has 1 amide bonds. The SMILES string of the molecule is CCNS(=O)(=O)c1ccc(C(=O)O[C@H](C)C(=O)Nc2ccccc2OC)cc1. The van der Waals surface area contributed by atoms with Crippen molar-refractivity contribution < 1.29 is 27.5 Å². The lowest BCUT2D eigenvalue weighted by atomic mass is 10.2. The Morgan fingerprint density at radius 1 is 1.07 bits per heavy atom. The van der Waals surface area contributed by atoms with E-state index < -0.39 is 28.0 Å². The molecule has 0 heterocycles. The molecular formula is C19H22N2O6S. The molecule has 9 heteroatoms. The second-order valence-electron chi connectivity index (χ2n) is 5.76. The first kappa shape index (κ1) is 21.4. The van der Waals surface area contributed by atoms with Gasteiger partial charge >= 0.3 is 5.97 Å². The van der Waals surface area contributed by atoms with E-state index in [9.17, 15) is 18.0 Å². The second kappa shape index (κ2) is 9.34. The largest absolute Gasteiger partial charge is 0.495 e. The second-order valence-corrected chi connectivity index (χ2v) is 7.53. The number of carbonyl (C=O) groups excluding carboxylic acids is 2. The Bertz CT molecular complexity index is 941. The Labute approximate surface area is 163 Å². The fourth-order valence-corrected chi connectivity index (χ4v) is 3.35. The lowest BCUT2D eigenvalue weighted by molar-refractivity contribution is -0.123. The van der Waals surface area contributed by atoms with Crippen LogP contribution >= 0.6 is 0 Å². The molecule has 0 radical (unpaired) electrons. The van der Waals surface area contributed by atoms with Gasteiger partial charge in [0.05, 0.1) is 23.3 Å². The maximum absolute atomic E-state index is 12.3. The molecule has 2 aromatic carbocycles. The Morgan fingerprint density at radius 2 is 1.71 bits per heavy atom. The average molecular weight is 406 g/mol. The fraction of sp³-hybridized carbons (Fsp3) is 0.263. The predicted octanol–water partition coefficient (Wildman–Crippen LogP) is 2.18. The first-order chi connectivity index (χ1) is 13.3. The predicted molar refractivity (Wildman–Crippen MR) is 104 cm³/mol. The maximum atomic E-state index is 12.3. The molecular weight excluding hydrogens is 384 g/mol. The topological polar surface area (TPSA) is 111 Å². The molecule has 0 aliphatic rings. The van der Waals surface area contributed by atoms with E-state index in [0.29, 0.717) is 11.4 Å². The number of esters is 1. The zero-order valence-corrected chi connectivity index (χ0v) is 16.6. The van der Waals surface area contributed by atoms with Crippen molar-refractivity contribution in [3.63, 3.8) is 0 Å². The Kier molecular flexibility index (Phi) is 7.13. The van der Waals surface area contributed by atoms with Gasteiger partial charge in [-0.05, 0) is 43.3 Å². The van der Waals surface area contributed by atoms with Crippen LogP contribution in [0.4, 0.5) is 5.69 Å². The van der Waals surface area contributed by atoms with Gasteiger partial charge in [-0.15, -0.1) is 0 Å². The monoisotopic (exact) mass is 406 g/mol. The van der Waals surface area contributed by atoms with Gasteiger partial charge in [0, 0.05) is 6.54 Å². The van der Waals surface area contributed by atoms with Gasteiger partial charge in [-0.1, -0.05) is 19.1 Å². The molecule has 150 valence electrons. The van der Waals surface area contributed by atoms with Gasteiger partial charge in [0.1, 0.15) is 5.75 Å². The number of methoxy groups -OCH3 is 1. The highest BCUT2D eigenvalue weighted by molar-refractivity contribution is 7.89. The normalized spacial score (nSPS) is 12.1. The van der Waals surface area contributed by atoms with Crippen LogP contribution in [0.2, 0.25) is 0 Å². The number of hydrogen-bond acceptors (Lipinski definition) is 6. The number of ether oxygens (including phenoxy) is 2. The van der Waals surface area contributed by atoms with Gasteiger partial charge in [-0.3, -0.25) is 4.79 Å². The minimum absolute atomic E-state index is 0.0351. The van der Waals surface area contributed by atoms with Crippen molar-refractivity contribution in [3.05, 3.63) is 54.1 Å². The smallest absolute Gasteiger partial charge is 0.338 e. The number of rotatable bonds is 8. The number of benzene rings is 2. The van der Waals surface area contributed by atoms with Gasteiger partial charge < -0.3 is 14.8 Å². The van der Waals surface area contributed by atoms with E-state index in [1.807, 2.05) is 0 Å². The van der Waals surface area contributed by atoms with Crippen LogP contribution in [-0.4, -0.2) is 40.1 Å². The molecule has 0 aliphatic carbocycles. The molecule has 2 N–H and O–H groups in total. The molecule has 1 atom stereocenters. The van der Waals surface area contributed by atoms with Crippen LogP contribution in [0.3, 0.4) is 0 Å². The summed E-state index contributed by atoms with van der Waals surface area (Å²) >= 11 is 0. The lowest BCUT2D eigenvalue weighted by Gasteiger charge is -2.15. The third kappa shape index (κ3) is 5.30. The van der Waals surface area contributed by atoms with Gasteiger partial charge in [0.25, 0.3) is 5.91 Å². The minimum Gasteiger partial charge on any atom is -0.495 e. The first-order valence-corrected chi connectivity index (χ1v) is 10.0. The van der Waals surface area contributed by atoms with Crippen molar-refractivity contribution in [1.29, 1.82) is 0 Å². The van der Waals surface area contributed by atoms with Crippen molar-refractivity contribution >= 4 is 27.6 Å². The number of carbonyl (C=O) groups is 2. The van der Waals surface area contributed by atoms with Crippen LogP contribution in [0, 0.1) is 0 Å². The number of anilines is 1. The van der Waals surface area contributed by atoms with E-state index in [1.165, 1.54) is 38.3 Å². The van der Waals surface area contributed by atoms with E-state index in [-0.39, 0.29) is 17.0 Å². The van der Waals surface area contributed by atoms with Crippen molar-refractivity contribution in [2.45, 2.75) is 24.8 Å². The average Bonchev–Trinajstić information content (AvgIpc) is 2.68. The number of hydrogen-bond donors (Lipinski definition) is 2. The molecule has 0 unspecified atom stereocenters. The van der Waals surface area contributed by atoms with Gasteiger partial charge in [-0.2, -0.15) is 0 Å². The molecule has 0 spiro atoms. The summed E-state index contributed by atoms with van der Waals surface area (Å²) < 4.78 is 36.5. The summed E-state index contributed by atoms with van der Waals surface area (Å²) in [6.07, 6.45) is -1.07. The van der Waals surface area contributed by atoms with E-state index in [2.05, 4.69) is 10.0 Å². The lowest BCUT2D eigenvalue weighted by Crippen LogP contribution is -2.30. The van der Waals surface area contributed by atoms with E-state index >= 15 is 0 Å². The molecule has 28 heavy (non-hydrogen) atoms. The molecule has 0 aliphatic heterocycles. The fourth-order valence-electron chi connectivity index (χ4n) is 2.31. The highest BCUT2D eigenvalue weighted by atomic mass is 32.2. The summed E-state index contributed by atoms with van der Waals surface area (Å²) in [4.78, 5) is 24.5. The number of nitrogens with one attached hydrogen (secondary N) is 2. The third-order valence-corrected chi connectivity index (χ3v) is 5.31. The van der Waals surface area contributed by atoms with Crippen LogP contribution < -0.4 is 14.8 Å². The Hall–Kier alpha value is -2.91. The van der Waals surface area contributed by atoms with E-state index in [0.717, 1.165) is 0 Å². The van der Waals surface area contributed by atoms with Crippen molar-refractivity contribution in [2.75, 3.05) is 19.0 Å². The number of sulfonamides is 1. The summed E-state index contributed by atoms with van der Waals surface area (Å²) in [6, 6.07) is 12.1. The molecule has 8 nitrogen and oxygen atoms in total. The highest BCUT2D eigenvalue weighted by Crippen LogP contribution is 2.23. The zero-order chi connectivity index (χ0) is 20.7. The van der Waals surface area contributed by atoms with Gasteiger partial charge in [-0.25, -0.2) is 17.9 Å². The molecule has 2 rings (SSSR count). The minimum atomic E-state index is -3.61. The van der Waals surface area contributed by atoms with Gasteiger partial charge in [0.2, 0.25) is 10.0 Å². The van der Waals surface area contributed by atoms with Crippen LogP contribution in [0.1, 0.15) is 24.2 Å². The molecule has 2 aromatic rings. The van der Waals surface area contributed by atoms with Crippen LogP contribution in [0.25, 0.3) is 0 Å². The molecule has 0 fully saturated rings. The third-order valence-electron chi connectivity index (χ3n) is 3.75. The van der Waals surface area contributed by atoms with Crippen molar-refractivity contribution in [2.24, 2.45) is 0 Å². The van der Waals surface area contributed by atoms with E-state index in [4.69, 9.17) is 9.47 Å². The summed E-state index contributed by atoms with van der Waals surface area (Å²) in [6.45, 7) is 3.36. The highest BCUT2D eigenvalue weighted by Gasteiger charge is 2.21. The molecule has 0 saturated heterocycles. The van der Waals surface area contributed by atoms with E-state index in [1.54, 1.807) is 31.2 Å². The summed E-state index contributed by atoms with van der Waals surface area (Å²) in [5.74, 6) is -0.786. The van der Waals surface area contributed by atoms with Crippen LogP contribution in [0.15, 0.2) is 53.4 Å². The molecule has 0 aromatic heterocycles. The number of para-hydroxylation sites is 2. The Morgan fingerprint density at radius 3 is 2.32 bits per heavy atom. The van der Waals surface area contributed by atoms with Gasteiger partial charge in [0.15, 0.2) is 6.10 Å². The quantitative estimate of drug-likeness (QED) is 0.650. The summed E-state index contributed by atoms with van der Waals surface area (Å²) in [5.41, 5.74) is 0.586. The van der Waals surface area contributed by atoms with Crippen molar-refractivity contribution in [3.8, 4) is 5.75 Å². The molecule has 0 saturated carbocycles. The summed E-state index contributed by atoms with van der Waals surface area (Å²) in [5, 5.41) is 2.63. The summed E-state index contributed by atoms with van der Waals surface area (Å²) in [7, 11) is -2.13. The van der Waals surface area contributed by atoms with Crippen molar-refractivity contribution in [1.82, 2.24) is 4.72 Å². The van der Waals surface area contributed by atoms with Crippen LogP contribution in [-0.2, 0) is 19.6 Å². The number of amides is 1. The first-order valence-electron chi connectivity index (χ1n) is 8.53. The van der Waals surface area contributed by atoms with Crippen LogP contribution in [0.5, 0.6) is 5.75 Å².